The molecule has 6 heteroatoms. The van der Waals surface area contributed by atoms with Gasteiger partial charge in [-0.05, 0) is 35.2 Å². The van der Waals surface area contributed by atoms with Gasteiger partial charge < -0.3 is 10.1 Å². The minimum absolute atomic E-state index is 0.143. The maximum absolute atomic E-state index is 5.24. The lowest BCUT2D eigenvalue weighted by molar-refractivity contribution is 0.415. The van der Waals surface area contributed by atoms with Gasteiger partial charge in [0.05, 0.1) is 18.1 Å². The number of aromatic amines is 1. The van der Waals surface area contributed by atoms with Crippen LogP contribution in [-0.4, -0.2) is 26.7 Å². The molecular formula is C19H21N5O. The van der Waals surface area contributed by atoms with E-state index in [1.165, 1.54) is 5.56 Å². The van der Waals surface area contributed by atoms with Crippen LogP contribution in [0.25, 0.3) is 16.8 Å². The summed E-state index contributed by atoms with van der Waals surface area (Å²) in [6, 6.07) is 14.2. The zero-order chi connectivity index (χ0) is 17.6. The molecule has 0 aliphatic rings. The van der Waals surface area contributed by atoms with Crippen molar-refractivity contribution < 1.29 is 4.74 Å². The molecule has 2 aromatic heterocycles. The molecule has 0 saturated carbocycles. The molecule has 2 heterocycles. The average molecular weight is 335 g/mol. The number of hydrogen-bond acceptors (Lipinski definition) is 4. The largest absolute Gasteiger partial charge is 0.497 e. The Morgan fingerprint density at radius 2 is 1.80 bits per heavy atom. The predicted octanol–water partition coefficient (Wildman–Crippen LogP) is 4.26. The first-order valence-electron chi connectivity index (χ1n) is 8.24. The van der Waals surface area contributed by atoms with Crippen molar-refractivity contribution in [2.24, 2.45) is 0 Å². The first-order chi connectivity index (χ1) is 11.9. The van der Waals surface area contributed by atoms with Crippen molar-refractivity contribution in [3.63, 3.8) is 0 Å². The van der Waals surface area contributed by atoms with Crippen molar-refractivity contribution in [3.8, 4) is 5.75 Å². The molecule has 0 saturated heterocycles. The zero-order valence-corrected chi connectivity index (χ0v) is 14.8. The maximum atomic E-state index is 5.24. The first kappa shape index (κ1) is 15.5. The molecule has 2 N–H and O–H groups in total. The Labute approximate surface area is 145 Å². The van der Waals surface area contributed by atoms with Gasteiger partial charge in [0.2, 0.25) is 5.95 Å². The summed E-state index contributed by atoms with van der Waals surface area (Å²) < 4.78 is 7.10. The number of nitrogens with one attached hydrogen (secondary N) is 2. The normalized spacial score (nSPS) is 12.0. The number of imidazole rings is 1. The third kappa shape index (κ3) is 2.80. The number of aromatic nitrogens is 4. The van der Waals surface area contributed by atoms with Gasteiger partial charge in [-0.2, -0.15) is 4.98 Å². The number of H-pyrrole nitrogens is 1. The molecule has 6 nitrogen and oxygen atoms in total. The molecule has 0 aliphatic carbocycles. The van der Waals surface area contributed by atoms with Crippen LogP contribution < -0.4 is 10.1 Å². The van der Waals surface area contributed by atoms with Gasteiger partial charge in [-0.1, -0.05) is 32.9 Å². The molecule has 128 valence electrons. The molecule has 0 atom stereocenters. The van der Waals surface area contributed by atoms with E-state index in [0.717, 1.165) is 22.5 Å². The van der Waals surface area contributed by atoms with E-state index in [4.69, 9.17) is 4.74 Å². The summed E-state index contributed by atoms with van der Waals surface area (Å²) in [5.74, 6) is 2.06. The van der Waals surface area contributed by atoms with Crippen LogP contribution in [0, 0.1) is 0 Å². The summed E-state index contributed by atoms with van der Waals surface area (Å²) in [5, 5.41) is 6.53. The summed E-state index contributed by atoms with van der Waals surface area (Å²) in [6.07, 6.45) is 0. The second-order valence-electron chi connectivity index (χ2n) is 7.13. The number of fused-ring (bicyclic) bond motifs is 3. The highest BCUT2D eigenvalue weighted by atomic mass is 16.5. The molecule has 0 fully saturated rings. The van der Waals surface area contributed by atoms with E-state index in [1.807, 2.05) is 22.7 Å². The summed E-state index contributed by atoms with van der Waals surface area (Å²) in [6.45, 7) is 6.62. The van der Waals surface area contributed by atoms with Crippen LogP contribution in [-0.2, 0) is 5.41 Å². The SMILES string of the molecule is COc1ccc2c(c1)nc1nc(Nc3ccc(C(C)(C)C)cc3)[nH]n12. The minimum Gasteiger partial charge on any atom is -0.497 e. The predicted molar refractivity (Wildman–Crippen MR) is 99.8 cm³/mol. The molecule has 25 heavy (non-hydrogen) atoms. The van der Waals surface area contributed by atoms with Crippen molar-refractivity contribution in [2.45, 2.75) is 26.2 Å². The van der Waals surface area contributed by atoms with Gasteiger partial charge in [0, 0.05) is 11.8 Å². The molecule has 4 rings (SSSR count). The van der Waals surface area contributed by atoms with E-state index >= 15 is 0 Å². The summed E-state index contributed by atoms with van der Waals surface area (Å²) in [5.41, 5.74) is 4.23. The number of anilines is 2. The Hall–Kier alpha value is -3.02. The van der Waals surface area contributed by atoms with Gasteiger partial charge in [-0.25, -0.2) is 9.50 Å². The molecule has 0 spiro atoms. The smallest absolute Gasteiger partial charge is 0.253 e. The third-order valence-electron chi connectivity index (χ3n) is 4.29. The molecule has 0 radical (unpaired) electrons. The summed E-state index contributed by atoms with van der Waals surface area (Å²) >= 11 is 0. The molecule has 0 unspecified atom stereocenters. The average Bonchev–Trinajstić information content (AvgIpc) is 3.10. The lowest BCUT2D eigenvalue weighted by Gasteiger charge is -2.19. The highest BCUT2D eigenvalue weighted by molar-refractivity contribution is 5.81. The highest BCUT2D eigenvalue weighted by Crippen LogP contribution is 2.25. The van der Waals surface area contributed by atoms with Crippen LogP contribution in [0.2, 0.25) is 0 Å². The molecule has 0 amide bonds. The number of methoxy groups -OCH3 is 1. The van der Waals surface area contributed by atoms with Crippen LogP contribution in [0.1, 0.15) is 26.3 Å². The standard InChI is InChI=1S/C19H21N5O/c1-19(2,3)12-5-7-13(8-6-12)20-17-22-18-21-15-11-14(25-4)9-10-16(15)24(18)23-17/h5-11H,1-4H3,(H2,20,21,22,23). The van der Waals surface area contributed by atoms with Crippen LogP contribution in [0.4, 0.5) is 11.6 Å². The van der Waals surface area contributed by atoms with E-state index in [0.29, 0.717) is 11.7 Å². The van der Waals surface area contributed by atoms with Gasteiger partial charge >= 0.3 is 0 Å². The summed E-state index contributed by atoms with van der Waals surface area (Å²) in [7, 11) is 1.65. The van der Waals surface area contributed by atoms with E-state index in [-0.39, 0.29) is 5.41 Å². The Morgan fingerprint density at radius 1 is 1.04 bits per heavy atom. The number of rotatable bonds is 3. The number of benzene rings is 2. The molecular weight excluding hydrogens is 314 g/mol. The second-order valence-corrected chi connectivity index (χ2v) is 7.13. The fraction of sp³-hybridized carbons (Fsp3) is 0.263. The van der Waals surface area contributed by atoms with E-state index in [1.54, 1.807) is 7.11 Å². The van der Waals surface area contributed by atoms with Gasteiger partial charge in [0.15, 0.2) is 0 Å². The van der Waals surface area contributed by atoms with Crippen LogP contribution in [0.5, 0.6) is 5.75 Å². The topological polar surface area (TPSA) is 67.2 Å². The minimum atomic E-state index is 0.143. The summed E-state index contributed by atoms with van der Waals surface area (Å²) in [4.78, 5) is 9.05. The van der Waals surface area contributed by atoms with Crippen molar-refractivity contribution in [1.82, 2.24) is 19.6 Å². The van der Waals surface area contributed by atoms with Gasteiger partial charge in [-0.3, -0.25) is 5.10 Å². The number of ether oxygens (including phenoxy) is 1. The monoisotopic (exact) mass is 335 g/mol. The van der Waals surface area contributed by atoms with Crippen LogP contribution in [0.3, 0.4) is 0 Å². The lowest BCUT2D eigenvalue weighted by atomic mass is 9.87. The van der Waals surface area contributed by atoms with E-state index < -0.39 is 0 Å². The maximum Gasteiger partial charge on any atom is 0.253 e. The van der Waals surface area contributed by atoms with E-state index in [2.05, 4.69) is 65.4 Å². The fourth-order valence-corrected chi connectivity index (χ4v) is 2.84. The fourth-order valence-electron chi connectivity index (χ4n) is 2.84. The van der Waals surface area contributed by atoms with Crippen molar-refractivity contribution in [2.75, 3.05) is 12.4 Å². The molecule has 2 aromatic carbocycles. The number of nitrogens with zero attached hydrogens (tertiary/aromatic N) is 3. The van der Waals surface area contributed by atoms with Gasteiger partial charge in [0.25, 0.3) is 5.78 Å². The van der Waals surface area contributed by atoms with Gasteiger partial charge in [0.1, 0.15) is 5.75 Å². The van der Waals surface area contributed by atoms with Crippen molar-refractivity contribution in [3.05, 3.63) is 48.0 Å². The number of hydrogen-bond donors (Lipinski definition) is 2. The highest BCUT2D eigenvalue weighted by Gasteiger charge is 2.14. The Kier molecular flexibility index (Phi) is 3.42. The first-order valence-corrected chi connectivity index (χ1v) is 8.24. The molecule has 0 aliphatic heterocycles. The zero-order valence-electron chi connectivity index (χ0n) is 14.8. The quantitative estimate of drug-likeness (QED) is 0.587. The Morgan fingerprint density at radius 3 is 2.48 bits per heavy atom. The Bertz CT molecular complexity index is 1040. The third-order valence-corrected chi connectivity index (χ3v) is 4.29. The van der Waals surface area contributed by atoms with Crippen LogP contribution >= 0.6 is 0 Å². The Balaban J connectivity index is 1.64. The van der Waals surface area contributed by atoms with Crippen molar-refractivity contribution >= 4 is 28.4 Å². The van der Waals surface area contributed by atoms with Crippen molar-refractivity contribution in [1.29, 1.82) is 0 Å². The molecule has 0 bridgehead atoms. The lowest BCUT2D eigenvalue weighted by Crippen LogP contribution is -2.10. The second kappa shape index (κ2) is 5.51. The molecule has 4 aromatic rings. The van der Waals surface area contributed by atoms with E-state index in [9.17, 15) is 0 Å². The van der Waals surface area contributed by atoms with Gasteiger partial charge in [-0.15, -0.1) is 0 Å². The van der Waals surface area contributed by atoms with Crippen LogP contribution in [0.15, 0.2) is 42.5 Å².